The van der Waals surface area contributed by atoms with Crippen LogP contribution in [0.15, 0.2) is 36.4 Å². The molecule has 1 aliphatic heterocycles. The lowest BCUT2D eigenvalue weighted by Gasteiger charge is -2.15. The largest absolute Gasteiger partial charge is 0.481 e. The van der Waals surface area contributed by atoms with Crippen molar-refractivity contribution in [3.8, 4) is 17.2 Å². The Bertz CT molecular complexity index is 751. The Labute approximate surface area is 130 Å². The minimum absolute atomic E-state index is 0.0669. The van der Waals surface area contributed by atoms with Gasteiger partial charge < -0.3 is 19.5 Å². The molecular weight excluding hydrogens is 308 g/mol. The molecule has 0 aliphatic carbocycles. The Morgan fingerprint density at radius 2 is 1.91 bits per heavy atom. The maximum absolute atomic E-state index is 13.1. The number of benzene rings is 2. The second-order valence-corrected chi connectivity index (χ2v) is 4.89. The van der Waals surface area contributed by atoms with E-state index in [9.17, 15) is 13.6 Å². The van der Waals surface area contributed by atoms with E-state index in [2.05, 4.69) is 5.32 Å². The first-order valence-electron chi connectivity index (χ1n) is 6.85. The molecule has 2 aromatic carbocycles. The molecule has 120 valence electrons. The average Bonchev–Trinajstić information content (AvgIpc) is 2.98. The Morgan fingerprint density at radius 1 is 1.13 bits per heavy atom. The average molecular weight is 321 g/mol. The highest BCUT2D eigenvalue weighted by atomic mass is 19.2. The van der Waals surface area contributed by atoms with Gasteiger partial charge in [0.25, 0.3) is 5.91 Å². The number of carbonyl (C=O) groups is 1. The van der Waals surface area contributed by atoms with E-state index in [1.54, 1.807) is 18.2 Å². The second kappa shape index (κ2) is 6.12. The van der Waals surface area contributed by atoms with E-state index in [-0.39, 0.29) is 12.5 Å². The van der Waals surface area contributed by atoms with E-state index in [0.29, 0.717) is 17.2 Å². The lowest BCUT2D eigenvalue weighted by Crippen LogP contribution is -2.30. The number of carbonyl (C=O) groups excluding carboxylic acids is 1. The van der Waals surface area contributed by atoms with Crippen LogP contribution in [0.4, 0.5) is 14.5 Å². The summed E-state index contributed by atoms with van der Waals surface area (Å²) in [5.74, 6) is -1.24. The van der Waals surface area contributed by atoms with Gasteiger partial charge in [0.2, 0.25) is 6.79 Å². The van der Waals surface area contributed by atoms with Gasteiger partial charge in [0.1, 0.15) is 5.75 Å². The van der Waals surface area contributed by atoms with E-state index >= 15 is 0 Å². The van der Waals surface area contributed by atoms with Gasteiger partial charge in [-0.25, -0.2) is 8.78 Å². The van der Waals surface area contributed by atoms with Crippen LogP contribution in [0.3, 0.4) is 0 Å². The molecule has 1 aliphatic rings. The minimum atomic E-state index is -1.04. The molecule has 0 saturated heterocycles. The quantitative estimate of drug-likeness (QED) is 0.940. The Balaban J connectivity index is 1.64. The Morgan fingerprint density at radius 3 is 2.70 bits per heavy atom. The number of amides is 1. The number of halogens is 2. The van der Waals surface area contributed by atoms with Crippen LogP contribution in [0.2, 0.25) is 0 Å². The fourth-order valence-corrected chi connectivity index (χ4v) is 2.03. The molecule has 2 aromatic rings. The molecule has 7 heteroatoms. The van der Waals surface area contributed by atoms with Crippen LogP contribution in [0.1, 0.15) is 6.92 Å². The number of fused-ring (bicyclic) bond motifs is 1. The molecule has 0 spiro atoms. The zero-order valence-electron chi connectivity index (χ0n) is 12.1. The van der Waals surface area contributed by atoms with Crippen LogP contribution in [0.5, 0.6) is 17.2 Å². The van der Waals surface area contributed by atoms with E-state index < -0.39 is 23.6 Å². The molecule has 0 radical (unpaired) electrons. The zero-order valence-corrected chi connectivity index (χ0v) is 12.1. The first-order chi connectivity index (χ1) is 11.0. The van der Waals surface area contributed by atoms with E-state index in [4.69, 9.17) is 14.2 Å². The SMILES string of the molecule is C[C@H](Oc1ccc(F)c(F)c1)C(=O)Nc1ccc2c(c1)OCO2. The van der Waals surface area contributed by atoms with Crippen molar-refractivity contribution < 1.29 is 27.8 Å². The second-order valence-electron chi connectivity index (χ2n) is 4.89. The molecule has 1 N–H and O–H groups in total. The maximum Gasteiger partial charge on any atom is 0.265 e. The fraction of sp³-hybridized carbons (Fsp3) is 0.188. The lowest BCUT2D eigenvalue weighted by atomic mass is 10.2. The van der Waals surface area contributed by atoms with Crippen molar-refractivity contribution in [2.75, 3.05) is 12.1 Å². The molecule has 5 nitrogen and oxygen atoms in total. The van der Waals surface area contributed by atoms with Gasteiger partial charge in [-0.05, 0) is 31.2 Å². The van der Waals surface area contributed by atoms with Crippen LogP contribution >= 0.6 is 0 Å². The van der Waals surface area contributed by atoms with Gasteiger partial charge >= 0.3 is 0 Å². The summed E-state index contributed by atoms with van der Waals surface area (Å²) < 4.78 is 41.7. The molecule has 23 heavy (non-hydrogen) atoms. The number of anilines is 1. The van der Waals surface area contributed by atoms with Gasteiger partial charge in [0.15, 0.2) is 29.2 Å². The molecule has 1 atom stereocenters. The summed E-state index contributed by atoms with van der Waals surface area (Å²) in [6.07, 6.45) is -0.898. The van der Waals surface area contributed by atoms with Crippen LogP contribution in [-0.2, 0) is 4.79 Å². The highest BCUT2D eigenvalue weighted by Gasteiger charge is 2.18. The fourth-order valence-electron chi connectivity index (χ4n) is 2.03. The molecular formula is C16H13F2NO4. The third-order valence-corrected chi connectivity index (χ3v) is 3.21. The Hall–Kier alpha value is -2.83. The number of rotatable bonds is 4. The van der Waals surface area contributed by atoms with Crippen molar-refractivity contribution in [2.45, 2.75) is 13.0 Å². The molecule has 3 rings (SSSR count). The molecule has 1 heterocycles. The normalized spacial score (nSPS) is 13.5. The minimum Gasteiger partial charge on any atom is -0.481 e. The molecule has 0 unspecified atom stereocenters. The zero-order chi connectivity index (χ0) is 16.4. The van der Waals surface area contributed by atoms with Crippen LogP contribution in [0.25, 0.3) is 0 Å². The summed E-state index contributed by atoms with van der Waals surface area (Å²) >= 11 is 0. The predicted molar refractivity (Wildman–Crippen MR) is 77.6 cm³/mol. The number of hydrogen-bond acceptors (Lipinski definition) is 4. The van der Waals surface area contributed by atoms with Crippen molar-refractivity contribution in [2.24, 2.45) is 0 Å². The number of nitrogens with one attached hydrogen (secondary N) is 1. The molecule has 0 aromatic heterocycles. The van der Waals surface area contributed by atoms with E-state index in [1.807, 2.05) is 0 Å². The smallest absolute Gasteiger partial charge is 0.265 e. The van der Waals surface area contributed by atoms with E-state index in [0.717, 1.165) is 12.1 Å². The van der Waals surface area contributed by atoms with Crippen molar-refractivity contribution in [1.29, 1.82) is 0 Å². The van der Waals surface area contributed by atoms with E-state index in [1.165, 1.54) is 13.0 Å². The third-order valence-electron chi connectivity index (χ3n) is 3.21. The lowest BCUT2D eigenvalue weighted by molar-refractivity contribution is -0.122. The molecule has 1 amide bonds. The Kier molecular flexibility index (Phi) is 4.01. The first-order valence-corrected chi connectivity index (χ1v) is 6.85. The maximum atomic E-state index is 13.1. The van der Waals surface area contributed by atoms with Gasteiger partial charge in [0.05, 0.1) is 0 Å². The highest BCUT2D eigenvalue weighted by molar-refractivity contribution is 5.94. The topological polar surface area (TPSA) is 56.8 Å². The summed E-state index contributed by atoms with van der Waals surface area (Å²) in [4.78, 5) is 12.1. The van der Waals surface area contributed by atoms with Crippen molar-refractivity contribution in [1.82, 2.24) is 0 Å². The predicted octanol–water partition coefficient (Wildman–Crippen LogP) is 3.10. The van der Waals surface area contributed by atoms with Gasteiger partial charge in [0, 0.05) is 17.8 Å². The molecule has 0 bridgehead atoms. The third kappa shape index (κ3) is 3.33. The summed E-state index contributed by atoms with van der Waals surface area (Å²) in [5.41, 5.74) is 0.514. The summed E-state index contributed by atoms with van der Waals surface area (Å²) in [6.45, 7) is 1.64. The van der Waals surface area contributed by atoms with Crippen molar-refractivity contribution in [3.63, 3.8) is 0 Å². The van der Waals surface area contributed by atoms with Gasteiger partial charge in [-0.15, -0.1) is 0 Å². The van der Waals surface area contributed by atoms with Crippen LogP contribution < -0.4 is 19.5 Å². The summed E-state index contributed by atoms with van der Waals surface area (Å²) in [7, 11) is 0. The molecule has 0 saturated carbocycles. The highest BCUT2D eigenvalue weighted by Crippen LogP contribution is 2.34. The first kappa shape index (κ1) is 15.1. The van der Waals surface area contributed by atoms with Crippen LogP contribution in [-0.4, -0.2) is 18.8 Å². The number of hydrogen-bond donors (Lipinski definition) is 1. The van der Waals surface area contributed by atoms with Crippen molar-refractivity contribution in [3.05, 3.63) is 48.0 Å². The van der Waals surface area contributed by atoms with Gasteiger partial charge in [-0.3, -0.25) is 4.79 Å². The van der Waals surface area contributed by atoms with Gasteiger partial charge in [-0.1, -0.05) is 0 Å². The standard InChI is InChI=1S/C16H13F2NO4/c1-9(23-11-3-4-12(17)13(18)7-11)16(20)19-10-2-5-14-15(6-10)22-8-21-14/h2-7,9H,8H2,1H3,(H,19,20)/t9-/m0/s1. The monoisotopic (exact) mass is 321 g/mol. The summed E-state index contributed by atoms with van der Waals surface area (Å²) in [5, 5.41) is 2.65. The van der Waals surface area contributed by atoms with Crippen LogP contribution in [0, 0.1) is 11.6 Å². The summed E-state index contributed by atoms with van der Waals surface area (Å²) in [6, 6.07) is 8.05. The van der Waals surface area contributed by atoms with Crippen molar-refractivity contribution >= 4 is 11.6 Å². The number of ether oxygens (including phenoxy) is 3. The van der Waals surface area contributed by atoms with Gasteiger partial charge in [-0.2, -0.15) is 0 Å². The molecule has 0 fully saturated rings.